The number of furan rings is 1. The normalized spacial score (nSPS) is 10.3. The number of halogens is 1. The van der Waals surface area contributed by atoms with Crippen molar-refractivity contribution in [2.24, 2.45) is 0 Å². The summed E-state index contributed by atoms with van der Waals surface area (Å²) in [5, 5.41) is 3.16. The lowest BCUT2D eigenvalue weighted by molar-refractivity contribution is 0.102. The Morgan fingerprint density at radius 1 is 1.44 bits per heavy atom. The van der Waals surface area contributed by atoms with E-state index in [2.05, 4.69) is 5.32 Å². The molecule has 2 aromatic rings. The van der Waals surface area contributed by atoms with Crippen LogP contribution in [0.3, 0.4) is 0 Å². The lowest BCUT2D eigenvalue weighted by Gasteiger charge is -2.07. The summed E-state index contributed by atoms with van der Waals surface area (Å²) in [5.41, 5.74) is 7.19. The third-order valence-corrected chi connectivity index (χ3v) is 2.88. The molecule has 1 aromatic carbocycles. The molecule has 0 unspecified atom stereocenters. The second-order valence-corrected chi connectivity index (χ2v) is 4.21. The summed E-state index contributed by atoms with van der Waals surface area (Å²) in [5.74, 6) is 0.389. The first-order valence-corrected chi connectivity index (χ1v) is 5.92. The van der Waals surface area contributed by atoms with Crippen LogP contribution in [0.5, 0.6) is 0 Å². The molecule has 0 bridgehead atoms. The Labute approximate surface area is 110 Å². The number of aryl methyl sites for hydroxylation is 1. The van der Waals surface area contributed by atoms with Crippen molar-refractivity contribution < 1.29 is 9.21 Å². The number of benzene rings is 1. The monoisotopic (exact) mass is 264 g/mol. The minimum atomic E-state index is -0.256. The van der Waals surface area contributed by atoms with Gasteiger partial charge >= 0.3 is 0 Å². The third-order valence-electron chi connectivity index (χ3n) is 2.55. The number of nitrogen functional groups attached to an aromatic ring is 1. The van der Waals surface area contributed by atoms with Gasteiger partial charge in [0.05, 0.1) is 22.5 Å². The zero-order valence-corrected chi connectivity index (χ0v) is 10.6. The van der Waals surface area contributed by atoms with E-state index in [1.165, 1.54) is 6.26 Å². The van der Waals surface area contributed by atoms with Crippen LogP contribution >= 0.6 is 11.6 Å². The maximum absolute atomic E-state index is 12.0. The first kappa shape index (κ1) is 12.5. The molecule has 1 aromatic heterocycles. The Balaban J connectivity index is 2.24. The number of nitrogens with two attached hydrogens (primary N) is 1. The van der Waals surface area contributed by atoms with Gasteiger partial charge in [-0.1, -0.05) is 18.5 Å². The van der Waals surface area contributed by atoms with Crippen LogP contribution in [0.15, 0.2) is 34.9 Å². The van der Waals surface area contributed by atoms with Gasteiger partial charge in [0.25, 0.3) is 5.91 Å². The second-order valence-electron chi connectivity index (χ2n) is 3.80. The molecular weight excluding hydrogens is 252 g/mol. The molecule has 18 heavy (non-hydrogen) atoms. The highest BCUT2D eigenvalue weighted by Gasteiger charge is 2.14. The molecule has 94 valence electrons. The van der Waals surface area contributed by atoms with Crippen molar-refractivity contribution in [3.63, 3.8) is 0 Å². The van der Waals surface area contributed by atoms with Gasteiger partial charge < -0.3 is 15.5 Å². The van der Waals surface area contributed by atoms with Crippen LogP contribution in [0.4, 0.5) is 11.4 Å². The van der Waals surface area contributed by atoms with Gasteiger partial charge in [0, 0.05) is 12.1 Å². The van der Waals surface area contributed by atoms with Crippen LogP contribution in [0.2, 0.25) is 5.02 Å². The molecule has 0 fully saturated rings. The summed E-state index contributed by atoms with van der Waals surface area (Å²) in [6.07, 6.45) is 2.15. The molecule has 0 spiro atoms. The molecule has 0 aliphatic heterocycles. The minimum Gasteiger partial charge on any atom is -0.469 e. The van der Waals surface area contributed by atoms with Crippen molar-refractivity contribution in [1.82, 2.24) is 0 Å². The van der Waals surface area contributed by atoms with E-state index in [1.54, 1.807) is 24.3 Å². The summed E-state index contributed by atoms with van der Waals surface area (Å²) >= 11 is 5.98. The Morgan fingerprint density at radius 3 is 2.94 bits per heavy atom. The number of hydrogen-bond donors (Lipinski definition) is 2. The molecule has 3 N–H and O–H groups in total. The fourth-order valence-electron chi connectivity index (χ4n) is 1.65. The topological polar surface area (TPSA) is 68.3 Å². The van der Waals surface area contributed by atoms with Crippen LogP contribution < -0.4 is 11.1 Å². The van der Waals surface area contributed by atoms with Crippen molar-refractivity contribution in [3.8, 4) is 0 Å². The maximum Gasteiger partial charge on any atom is 0.259 e. The van der Waals surface area contributed by atoms with E-state index >= 15 is 0 Å². The van der Waals surface area contributed by atoms with Crippen LogP contribution in [-0.2, 0) is 6.42 Å². The molecule has 0 saturated heterocycles. The molecular formula is C13H13ClN2O2. The highest BCUT2D eigenvalue weighted by Crippen LogP contribution is 2.25. The Kier molecular flexibility index (Phi) is 3.58. The zero-order chi connectivity index (χ0) is 13.1. The van der Waals surface area contributed by atoms with Crippen molar-refractivity contribution in [3.05, 3.63) is 46.9 Å². The van der Waals surface area contributed by atoms with Gasteiger partial charge in [-0.25, -0.2) is 0 Å². The van der Waals surface area contributed by atoms with Crippen LogP contribution in [0.1, 0.15) is 23.0 Å². The number of carbonyl (C=O) groups excluding carboxylic acids is 1. The molecule has 2 rings (SSSR count). The number of nitrogens with one attached hydrogen (secondary N) is 1. The predicted octanol–water partition coefficient (Wildman–Crippen LogP) is 3.33. The number of amides is 1. The van der Waals surface area contributed by atoms with Crippen molar-refractivity contribution in [2.75, 3.05) is 11.1 Å². The van der Waals surface area contributed by atoms with Gasteiger partial charge in [-0.15, -0.1) is 0 Å². The first-order chi connectivity index (χ1) is 8.61. The van der Waals surface area contributed by atoms with Crippen molar-refractivity contribution >= 4 is 28.9 Å². The van der Waals surface area contributed by atoms with Crippen LogP contribution in [0, 0.1) is 0 Å². The second kappa shape index (κ2) is 5.14. The summed E-state index contributed by atoms with van der Waals surface area (Å²) in [7, 11) is 0. The zero-order valence-electron chi connectivity index (χ0n) is 9.87. The lowest BCUT2D eigenvalue weighted by atomic mass is 10.2. The van der Waals surface area contributed by atoms with Crippen LogP contribution in [0.25, 0.3) is 0 Å². The molecule has 0 radical (unpaired) electrons. The maximum atomic E-state index is 12.0. The molecule has 1 heterocycles. The standard InChI is InChI=1S/C13H13ClN2O2/c1-2-12-9(5-6-18-12)13(17)16-11-7-8(15)3-4-10(11)14/h3-7H,2,15H2,1H3,(H,16,17). The van der Waals surface area contributed by atoms with Gasteiger partial charge in [-0.2, -0.15) is 0 Å². The molecule has 4 nitrogen and oxygen atoms in total. The van der Waals surface area contributed by atoms with Crippen molar-refractivity contribution in [1.29, 1.82) is 0 Å². The first-order valence-electron chi connectivity index (χ1n) is 5.54. The van der Waals surface area contributed by atoms with Crippen molar-refractivity contribution in [2.45, 2.75) is 13.3 Å². The SMILES string of the molecule is CCc1occc1C(=O)Nc1cc(N)ccc1Cl. The van der Waals surface area contributed by atoms with E-state index in [0.29, 0.717) is 34.1 Å². The quantitative estimate of drug-likeness (QED) is 0.836. The number of anilines is 2. The van der Waals surface area contributed by atoms with Gasteiger partial charge in [0.1, 0.15) is 5.76 Å². The summed E-state index contributed by atoms with van der Waals surface area (Å²) in [6, 6.07) is 6.57. The van der Waals surface area contributed by atoms with E-state index in [0.717, 1.165) is 0 Å². The minimum absolute atomic E-state index is 0.256. The molecule has 0 aliphatic rings. The van der Waals surface area contributed by atoms with Gasteiger partial charge in [-0.3, -0.25) is 4.79 Å². The molecule has 5 heteroatoms. The summed E-state index contributed by atoms with van der Waals surface area (Å²) in [6.45, 7) is 1.92. The molecule has 0 saturated carbocycles. The summed E-state index contributed by atoms with van der Waals surface area (Å²) < 4.78 is 5.21. The average molecular weight is 265 g/mol. The van der Waals surface area contributed by atoms with E-state index in [1.807, 2.05) is 6.92 Å². The molecule has 0 atom stereocenters. The molecule has 0 aliphatic carbocycles. The third kappa shape index (κ3) is 2.49. The number of hydrogen-bond acceptors (Lipinski definition) is 3. The Hall–Kier alpha value is -1.94. The van der Waals surface area contributed by atoms with E-state index in [-0.39, 0.29) is 5.91 Å². The lowest BCUT2D eigenvalue weighted by Crippen LogP contribution is -2.13. The Morgan fingerprint density at radius 2 is 2.22 bits per heavy atom. The number of rotatable bonds is 3. The fourth-order valence-corrected chi connectivity index (χ4v) is 1.81. The Bertz CT molecular complexity index is 578. The molecule has 1 amide bonds. The largest absolute Gasteiger partial charge is 0.469 e. The summed E-state index contributed by atoms with van der Waals surface area (Å²) in [4.78, 5) is 12.0. The highest BCUT2D eigenvalue weighted by molar-refractivity contribution is 6.34. The van der Waals surface area contributed by atoms with E-state index in [9.17, 15) is 4.79 Å². The average Bonchev–Trinajstić information content (AvgIpc) is 2.82. The van der Waals surface area contributed by atoms with Gasteiger partial charge in [0.2, 0.25) is 0 Å². The van der Waals surface area contributed by atoms with Crippen LogP contribution in [-0.4, -0.2) is 5.91 Å². The smallest absolute Gasteiger partial charge is 0.259 e. The fraction of sp³-hybridized carbons (Fsp3) is 0.154. The van der Waals surface area contributed by atoms with Gasteiger partial charge in [0.15, 0.2) is 0 Å². The highest BCUT2D eigenvalue weighted by atomic mass is 35.5. The number of carbonyl (C=O) groups is 1. The predicted molar refractivity (Wildman–Crippen MR) is 71.9 cm³/mol. The van der Waals surface area contributed by atoms with E-state index in [4.69, 9.17) is 21.8 Å². The van der Waals surface area contributed by atoms with E-state index < -0.39 is 0 Å². The van der Waals surface area contributed by atoms with Gasteiger partial charge in [-0.05, 0) is 24.3 Å².